The van der Waals surface area contributed by atoms with Crippen molar-refractivity contribution < 1.29 is 19.1 Å². The molecule has 0 atom stereocenters. The summed E-state index contributed by atoms with van der Waals surface area (Å²) in [6.07, 6.45) is 0. The zero-order chi connectivity index (χ0) is 19.8. The SMILES string of the molecule is Cc1ccc(C(=O)NCC(=O)OCC(=O)Nc2ccccc2C#N)cc1C. The van der Waals surface area contributed by atoms with Crippen LogP contribution < -0.4 is 10.6 Å². The molecule has 0 unspecified atom stereocenters. The second-order valence-electron chi connectivity index (χ2n) is 5.85. The van der Waals surface area contributed by atoms with Crippen molar-refractivity contribution in [2.75, 3.05) is 18.5 Å². The number of esters is 1. The third-order valence-electron chi connectivity index (χ3n) is 3.85. The van der Waals surface area contributed by atoms with Crippen molar-refractivity contribution in [1.29, 1.82) is 5.26 Å². The summed E-state index contributed by atoms with van der Waals surface area (Å²) in [4.78, 5) is 35.6. The Balaban J connectivity index is 1.78. The summed E-state index contributed by atoms with van der Waals surface area (Å²) in [5.74, 6) is -1.72. The molecular weight excluding hydrogens is 346 g/mol. The number of nitrogens with zero attached hydrogens (tertiary/aromatic N) is 1. The molecule has 0 saturated carbocycles. The van der Waals surface area contributed by atoms with Crippen molar-refractivity contribution in [2.24, 2.45) is 0 Å². The van der Waals surface area contributed by atoms with Crippen LogP contribution in [0.4, 0.5) is 5.69 Å². The molecule has 0 heterocycles. The number of carbonyl (C=O) groups is 3. The van der Waals surface area contributed by atoms with Crippen LogP contribution in [0.5, 0.6) is 0 Å². The number of nitriles is 1. The standard InChI is InChI=1S/C20H19N3O4/c1-13-7-8-15(9-14(13)2)20(26)22-11-19(25)27-12-18(24)23-17-6-4-3-5-16(17)10-21/h3-9H,11-12H2,1-2H3,(H,22,26)(H,23,24). The Hall–Kier alpha value is -3.66. The summed E-state index contributed by atoms with van der Waals surface area (Å²) in [5.41, 5.74) is 3.12. The highest BCUT2D eigenvalue weighted by Crippen LogP contribution is 2.13. The average molecular weight is 365 g/mol. The zero-order valence-corrected chi connectivity index (χ0v) is 15.0. The van der Waals surface area contributed by atoms with Gasteiger partial charge in [-0.3, -0.25) is 14.4 Å². The second kappa shape index (κ2) is 9.15. The molecule has 2 N–H and O–H groups in total. The number of hydrogen-bond donors (Lipinski definition) is 2. The van der Waals surface area contributed by atoms with Gasteiger partial charge in [-0.15, -0.1) is 0 Å². The lowest BCUT2D eigenvalue weighted by Gasteiger charge is -2.09. The Bertz CT molecular complexity index is 916. The summed E-state index contributed by atoms with van der Waals surface area (Å²) in [7, 11) is 0. The van der Waals surface area contributed by atoms with Gasteiger partial charge in [0, 0.05) is 5.56 Å². The first kappa shape index (κ1) is 19.7. The monoisotopic (exact) mass is 365 g/mol. The van der Waals surface area contributed by atoms with Crippen molar-refractivity contribution >= 4 is 23.5 Å². The molecule has 2 rings (SSSR count). The van der Waals surface area contributed by atoms with Gasteiger partial charge in [-0.25, -0.2) is 0 Å². The molecule has 0 spiro atoms. The van der Waals surface area contributed by atoms with E-state index in [-0.39, 0.29) is 6.54 Å². The van der Waals surface area contributed by atoms with Crippen LogP contribution in [-0.4, -0.2) is 30.9 Å². The van der Waals surface area contributed by atoms with Gasteiger partial charge < -0.3 is 15.4 Å². The van der Waals surface area contributed by atoms with Crippen molar-refractivity contribution in [3.8, 4) is 6.07 Å². The first-order valence-corrected chi connectivity index (χ1v) is 8.20. The van der Waals surface area contributed by atoms with Crippen molar-refractivity contribution in [2.45, 2.75) is 13.8 Å². The van der Waals surface area contributed by atoms with Gasteiger partial charge in [0.25, 0.3) is 11.8 Å². The van der Waals surface area contributed by atoms with E-state index in [2.05, 4.69) is 10.6 Å². The Morgan fingerprint density at radius 3 is 2.52 bits per heavy atom. The molecule has 0 radical (unpaired) electrons. The molecule has 2 aromatic rings. The highest BCUT2D eigenvalue weighted by Gasteiger charge is 2.12. The first-order valence-electron chi connectivity index (χ1n) is 8.20. The predicted octanol–water partition coefficient (Wildman–Crippen LogP) is 2.09. The molecule has 0 aliphatic rings. The lowest BCUT2D eigenvalue weighted by atomic mass is 10.1. The topological polar surface area (TPSA) is 108 Å². The van der Waals surface area contributed by atoms with Crippen LogP contribution in [0.2, 0.25) is 0 Å². The van der Waals surface area contributed by atoms with Crippen LogP contribution in [0, 0.1) is 25.2 Å². The normalized spacial score (nSPS) is 9.81. The molecule has 0 aromatic heterocycles. The number of anilines is 1. The molecular formula is C20H19N3O4. The Labute approximate surface area is 156 Å². The van der Waals surface area contributed by atoms with Crippen molar-refractivity contribution in [3.63, 3.8) is 0 Å². The minimum absolute atomic E-state index is 0.304. The summed E-state index contributed by atoms with van der Waals surface area (Å²) >= 11 is 0. The zero-order valence-electron chi connectivity index (χ0n) is 15.0. The van der Waals surface area contributed by atoms with Crippen LogP contribution >= 0.6 is 0 Å². The van der Waals surface area contributed by atoms with Crippen LogP contribution in [0.1, 0.15) is 27.0 Å². The fourth-order valence-electron chi connectivity index (χ4n) is 2.21. The Kier molecular flexibility index (Phi) is 6.67. The van der Waals surface area contributed by atoms with E-state index >= 15 is 0 Å². The van der Waals surface area contributed by atoms with Crippen LogP contribution in [0.15, 0.2) is 42.5 Å². The molecule has 138 valence electrons. The lowest BCUT2D eigenvalue weighted by Crippen LogP contribution is -2.32. The van der Waals surface area contributed by atoms with E-state index in [1.165, 1.54) is 0 Å². The predicted molar refractivity (Wildman–Crippen MR) is 99.0 cm³/mol. The smallest absolute Gasteiger partial charge is 0.325 e. The summed E-state index contributed by atoms with van der Waals surface area (Å²) in [6.45, 7) is 2.96. The molecule has 2 aromatic carbocycles. The van der Waals surface area contributed by atoms with Crippen molar-refractivity contribution in [1.82, 2.24) is 5.32 Å². The molecule has 0 aliphatic carbocycles. The number of benzene rings is 2. The maximum atomic E-state index is 12.0. The van der Waals surface area contributed by atoms with Gasteiger partial charge >= 0.3 is 5.97 Å². The van der Waals surface area contributed by atoms with Gasteiger partial charge in [0.15, 0.2) is 6.61 Å². The van der Waals surface area contributed by atoms with Crippen LogP contribution in [0.25, 0.3) is 0 Å². The van der Waals surface area contributed by atoms with E-state index in [9.17, 15) is 14.4 Å². The molecule has 2 amide bonds. The van der Waals surface area contributed by atoms with E-state index < -0.39 is 24.4 Å². The fourth-order valence-corrected chi connectivity index (χ4v) is 2.21. The van der Waals surface area contributed by atoms with Gasteiger partial charge in [0.1, 0.15) is 12.6 Å². The first-order chi connectivity index (χ1) is 12.9. The third kappa shape index (κ3) is 5.68. The molecule has 7 nitrogen and oxygen atoms in total. The highest BCUT2D eigenvalue weighted by atomic mass is 16.5. The number of amides is 2. The number of carbonyl (C=O) groups excluding carboxylic acids is 3. The molecule has 0 fully saturated rings. The molecule has 27 heavy (non-hydrogen) atoms. The van der Waals surface area contributed by atoms with Gasteiger partial charge in [-0.1, -0.05) is 18.2 Å². The lowest BCUT2D eigenvalue weighted by molar-refractivity contribution is -0.146. The maximum Gasteiger partial charge on any atom is 0.325 e. The fraction of sp³-hybridized carbons (Fsp3) is 0.200. The van der Waals surface area contributed by atoms with Crippen LogP contribution in [-0.2, 0) is 14.3 Å². The van der Waals surface area contributed by atoms with Gasteiger partial charge in [0.05, 0.1) is 11.3 Å². The summed E-state index contributed by atoms with van der Waals surface area (Å²) in [5, 5.41) is 13.9. The number of hydrogen-bond acceptors (Lipinski definition) is 5. The number of ether oxygens (including phenoxy) is 1. The van der Waals surface area contributed by atoms with Crippen molar-refractivity contribution in [3.05, 3.63) is 64.7 Å². The third-order valence-corrected chi connectivity index (χ3v) is 3.85. The minimum atomic E-state index is -0.740. The number of para-hydroxylation sites is 1. The highest BCUT2D eigenvalue weighted by molar-refractivity contribution is 5.97. The Morgan fingerprint density at radius 1 is 1.07 bits per heavy atom. The Morgan fingerprint density at radius 2 is 1.81 bits per heavy atom. The summed E-state index contributed by atoms with van der Waals surface area (Å²) in [6, 6.07) is 13.7. The quantitative estimate of drug-likeness (QED) is 0.762. The van der Waals surface area contributed by atoms with Gasteiger partial charge in [-0.2, -0.15) is 5.26 Å². The molecule has 0 bridgehead atoms. The second-order valence-corrected chi connectivity index (χ2v) is 5.85. The minimum Gasteiger partial charge on any atom is -0.454 e. The molecule has 0 saturated heterocycles. The largest absolute Gasteiger partial charge is 0.454 e. The van der Waals surface area contributed by atoms with E-state index in [0.29, 0.717) is 16.8 Å². The van der Waals surface area contributed by atoms with E-state index in [4.69, 9.17) is 10.00 Å². The van der Waals surface area contributed by atoms with E-state index in [1.54, 1.807) is 36.4 Å². The molecule has 0 aliphatic heterocycles. The number of rotatable bonds is 6. The number of aryl methyl sites for hydroxylation is 2. The van der Waals surface area contributed by atoms with Gasteiger partial charge in [-0.05, 0) is 49.2 Å². The molecule has 7 heteroatoms. The number of nitrogens with one attached hydrogen (secondary N) is 2. The summed E-state index contributed by atoms with van der Waals surface area (Å²) < 4.78 is 4.83. The van der Waals surface area contributed by atoms with E-state index in [0.717, 1.165) is 11.1 Å². The van der Waals surface area contributed by atoms with Crippen LogP contribution in [0.3, 0.4) is 0 Å². The average Bonchev–Trinajstić information content (AvgIpc) is 2.67. The van der Waals surface area contributed by atoms with E-state index in [1.807, 2.05) is 26.0 Å². The van der Waals surface area contributed by atoms with Gasteiger partial charge in [0.2, 0.25) is 0 Å². The maximum absolute atomic E-state index is 12.0.